The molecule has 8 heteroatoms. The number of aromatic hydroxyl groups is 1. The molecule has 0 saturated heterocycles. The van der Waals surface area contributed by atoms with E-state index in [1.54, 1.807) is 24.3 Å². The van der Waals surface area contributed by atoms with Gasteiger partial charge >= 0.3 is 5.63 Å². The van der Waals surface area contributed by atoms with Crippen molar-refractivity contribution in [3.05, 3.63) is 80.2 Å². The number of pyridine rings is 1. The highest BCUT2D eigenvalue weighted by Gasteiger charge is 2.20. The Bertz CT molecular complexity index is 1440. The molecule has 4 aromatic rings. The van der Waals surface area contributed by atoms with Crippen molar-refractivity contribution >= 4 is 39.4 Å². The molecule has 0 aliphatic rings. The fourth-order valence-corrected chi connectivity index (χ4v) is 4.12. The molecule has 0 bridgehead atoms. The molecule has 0 aliphatic carbocycles. The second-order valence-electron chi connectivity index (χ2n) is 6.80. The molecule has 2 aromatic carbocycles. The van der Waals surface area contributed by atoms with Crippen molar-refractivity contribution in [2.45, 2.75) is 18.4 Å². The minimum Gasteiger partial charge on any atom is -0.507 e. The SMILES string of the molecule is CSc1cc2c(cc1C(C)=O)c1oc(=O)cc(O)c1c(=O)n2Cc1ccc(F)cc1. The average Bonchev–Trinajstić information content (AvgIpc) is 2.70. The Labute approximate surface area is 173 Å². The highest BCUT2D eigenvalue weighted by molar-refractivity contribution is 7.98. The van der Waals surface area contributed by atoms with E-state index >= 15 is 0 Å². The van der Waals surface area contributed by atoms with Gasteiger partial charge in [0, 0.05) is 15.8 Å². The summed E-state index contributed by atoms with van der Waals surface area (Å²) in [5, 5.41) is 10.5. The zero-order valence-electron chi connectivity index (χ0n) is 16.1. The van der Waals surface area contributed by atoms with Crippen LogP contribution in [0.3, 0.4) is 0 Å². The van der Waals surface area contributed by atoms with Crippen molar-refractivity contribution in [3.63, 3.8) is 0 Å². The fourth-order valence-electron chi connectivity index (χ4n) is 3.47. The highest BCUT2D eigenvalue weighted by Crippen LogP contribution is 2.32. The summed E-state index contributed by atoms with van der Waals surface area (Å²) in [6.45, 7) is 1.52. The smallest absolute Gasteiger partial charge is 0.339 e. The topological polar surface area (TPSA) is 89.5 Å². The summed E-state index contributed by atoms with van der Waals surface area (Å²) in [6.07, 6.45) is 1.81. The lowest BCUT2D eigenvalue weighted by Crippen LogP contribution is -2.22. The van der Waals surface area contributed by atoms with Crippen LogP contribution in [-0.2, 0) is 6.54 Å². The van der Waals surface area contributed by atoms with E-state index in [2.05, 4.69) is 0 Å². The molecular weight excluding hydrogens is 409 g/mol. The van der Waals surface area contributed by atoms with Gasteiger partial charge in [0.1, 0.15) is 17.0 Å². The number of nitrogens with zero attached hydrogens (tertiary/aromatic N) is 1. The fraction of sp³-hybridized carbons (Fsp3) is 0.136. The molecule has 2 heterocycles. The summed E-state index contributed by atoms with van der Waals surface area (Å²) < 4.78 is 20.0. The van der Waals surface area contributed by atoms with Gasteiger partial charge in [0.15, 0.2) is 11.4 Å². The van der Waals surface area contributed by atoms with Gasteiger partial charge in [0.25, 0.3) is 5.56 Å². The molecule has 0 radical (unpaired) electrons. The number of fused-ring (bicyclic) bond motifs is 3. The Morgan fingerprint density at radius 2 is 1.87 bits per heavy atom. The lowest BCUT2D eigenvalue weighted by atomic mass is 10.0. The largest absolute Gasteiger partial charge is 0.507 e. The van der Waals surface area contributed by atoms with E-state index in [0.717, 1.165) is 6.07 Å². The van der Waals surface area contributed by atoms with Crippen LogP contribution in [0.15, 0.2) is 61.4 Å². The van der Waals surface area contributed by atoms with Gasteiger partial charge in [-0.15, -0.1) is 11.8 Å². The van der Waals surface area contributed by atoms with Gasteiger partial charge in [0.05, 0.1) is 18.1 Å². The third-order valence-electron chi connectivity index (χ3n) is 4.89. The first-order valence-electron chi connectivity index (χ1n) is 8.97. The van der Waals surface area contributed by atoms with Gasteiger partial charge in [-0.05, 0) is 43.0 Å². The number of aromatic nitrogens is 1. The molecular formula is C22H16FNO5S. The molecule has 152 valence electrons. The summed E-state index contributed by atoms with van der Waals surface area (Å²) >= 11 is 1.35. The third kappa shape index (κ3) is 3.29. The number of carbonyl (C=O) groups is 1. The van der Waals surface area contributed by atoms with Crippen LogP contribution in [-0.4, -0.2) is 21.7 Å². The Hall–Kier alpha value is -3.39. The molecule has 0 fully saturated rings. The van der Waals surface area contributed by atoms with Crippen LogP contribution in [0.5, 0.6) is 5.75 Å². The number of carbonyl (C=O) groups excluding carboxylic acids is 1. The molecule has 0 spiro atoms. The molecule has 4 rings (SSSR count). The lowest BCUT2D eigenvalue weighted by Gasteiger charge is -2.15. The van der Waals surface area contributed by atoms with Gasteiger partial charge in [-0.1, -0.05) is 12.1 Å². The first-order valence-corrected chi connectivity index (χ1v) is 10.2. The Balaban J connectivity index is 2.16. The highest BCUT2D eigenvalue weighted by atomic mass is 32.2. The maximum Gasteiger partial charge on any atom is 0.339 e. The minimum atomic E-state index is -0.810. The van der Waals surface area contributed by atoms with Crippen molar-refractivity contribution in [1.29, 1.82) is 0 Å². The number of thioether (sulfide) groups is 1. The molecule has 30 heavy (non-hydrogen) atoms. The number of halogens is 1. The Morgan fingerprint density at radius 3 is 2.50 bits per heavy atom. The van der Waals surface area contributed by atoms with E-state index in [9.17, 15) is 23.9 Å². The number of rotatable bonds is 4. The number of hydrogen-bond donors (Lipinski definition) is 1. The summed E-state index contributed by atoms with van der Waals surface area (Å²) in [5.41, 5.74) is 0.0538. The minimum absolute atomic E-state index is 0.0782. The van der Waals surface area contributed by atoms with Crippen molar-refractivity contribution in [3.8, 4) is 5.75 Å². The van der Waals surface area contributed by atoms with E-state index in [4.69, 9.17) is 4.42 Å². The van der Waals surface area contributed by atoms with Crippen LogP contribution in [0, 0.1) is 5.82 Å². The van der Waals surface area contributed by atoms with Crippen LogP contribution in [0.2, 0.25) is 0 Å². The molecule has 2 aromatic heterocycles. The van der Waals surface area contributed by atoms with Gasteiger partial charge in [-0.2, -0.15) is 0 Å². The summed E-state index contributed by atoms with van der Waals surface area (Å²) in [6, 6.07) is 9.78. The number of Topliss-reactive ketones (excluding diaryl/α,β-unsaturated/α-hetero) is 1. The number of hydrogen-bond acceptors (Lipinski definition) is 6. The zero-order chi connectivity index (χ0) is 21.6. The maximum atomic E-state index is 13.3. The van der Waals surface area contributed by atoms with E-state index < -0.39 is 22.8 Å². The monoisotopic (exact) mass is 425 g/mol. The van der Waals surface area contributed by atoms with Crippen LogP contribution < -0.4 is 11.2 Å². The first-order chi connectivity index (χ1) is 14.3. The number of benzene rings is 2. The Kier molecular flexibility index (Phi) is 4.95. The molecule has 0 aliphatic heterocycles. The van der Waals surface area contributed by atoms with E-state index in [0.29, 0.717) is 26.9 Å². The number of ketones is 1. The molecule has 0 saturated carbocycles. The van der Waals surface area contributed by atoms with Crippen molar-refractivity contribution < 1.29 is 18.7 Å². The van der Waals surface area contributed by atoms with E-state index in [-0.39, 0.29) is 23.3 Å². The Morgan fingerprint density at radius 1 is 1.17 bits per heavy atom. The molecule has 0 atom stereocenters. The average molecular weight is 425 g/mol. The van der Waals surface area contributed by atoms with Gasteiger partial charge < -0.3 is 14.1 Å². The standard InChI is InChI=1S/C22H16FNO5S/c1-11(25)14-7-15-16(8-18(14)30-2)24(10-12-3-5-13(23)6-4-12)22(28)20-17(26)9-19(27)29-21(15)20/h3-9,26H,10H2,1-2H3. The first kappa shape index (κ1) is 19.9. The second-order valence-corrected chi connectivity index (χ2v) is 7.65. The van der Waals surface area contributed by atoms with Gasteiger partial charge in [-0.3, -0.25) is 9.59 Å². The van der Waals surface area contributed by atoms with Crippen LogP contribution in [0.1, 0.15) is 22.8 Å². The van der Waals surface area contributed by atoms with Gasteiger partial charge in [0.2, 0.25) is 0 Å². The quantitative estimate of drug-likeness (QED) is 0.303. The van der Waals surface area contributed by atoms with Crippen LogP contribution >= 0.6 is 11.8 Å². The second kappa shape index (κ2) is 7.46. The van der Waals surface area contributed by atoms with Crippen LogP contribution in [0.4, 0.5) is 4.39 Å². The predicted octanol–water partition coefficient (Wildman–Crippen LogP) is 3.93. The molecule has 0 amide bonds. The predicted molar refractivity (Wildman–Crippen MR) is 113 cm³/mol. The molecule has 6 nitrogen and oxygen atoms in total. The van der Waals surface area contributed by atoms with Crippen molar-refractivity contribution in [1.82, 2.24) is 4.57 Å². The van der Waals surface area contributed by atoms with E-state index in [1.807, 2.05) is 6.26 Å². The van der Waals surface area contributed by atoms with Crippen molar-refractivity contribution in [2.24, 2.45) is 0 Å². The lowest BCUT2D eigenvalue weighted by molar-refractivity contribution is 0.101. The van der Waals surface area contributed by atoms with Gasteiger partial charge in [-0.25, -0.2) is 9.18 Å². The normalized spacial score (nSPS) is 11.3. The molecule has 1 N–H and O–H groups in total. The van der Waals surface area contributed by atoms with Crippen molar-refractivity contribution in [2.75, 3.05) is 6.26 Å². The summed E-state index contributed by atoms with van der Waals surface area (Å²) in [7, 11) is 0. The summed E-state index contributed by atoms with van der Waals surface area (Å²) in [4.78, 5) is 37.9. The van der Waals surface area contributed by atoms with E-state index in [1.165, 1.54) is 35.4 Å². The maximum absolute atomic E-state index is 13.3. The van der Waals surface area contributed by atoms with Crippen LogP contribution in [0.25, 0.3) is 21.9 Å². The third-order valence-corrected chi connectivity index (χ3v) is 5.66. The molecule has 0 unspecified atom stereocenters. The zero-order valence-corrected chi connectivity index (χ0v) is 16.9. The summed E-state index contributed by atoms with van der Waals surface area (Å²) in [5.74, 6) is -1.09.